The van der Waals surface area contributed by atoms with Gasteiger partial charge in [0.15, 0.2) is 0 Å². The van der Waals surface area contributed by atoms with Crippen molar-refractivity contribution in [2.75, 3.05) is 0 Å². The maximum Gasteiger partial charge on any atom is 0.338 e. The lowest BCUT2D eigenvalue weighted by Gasteiger charge is -2.31. The summed E-state index contributed by atoms with van der Waals surface area (Å²) in [6.45, 7) is 10.7. The van der Waals surface area contributed by atoms with Gasteiger partial charge in [0, 0.05) is 38.4 Å². The normalized spacial score (nSPS) is 14.6. The minimum atomic E-state index is -0.520. The molecule has 0 heterocycles. The van der Waals surface area contributed by atoms with Crippen LogP contribution in [0.2, 0.25) is 0 Å². The van der Waals surface area contributed by atoms with E-state index in [4.69, 9.17) is 14.2 Å². The maximum absolute atomic E-state index is 12.8. The van der Waals surface area contributed by atoms with E-state index in [2.05, 4.69) is 13.2 Å². The summed E-state index contributed by atoms with van der Waals surface area (Å²) in [5.74, 6) is 0.588. The fraction of sp³-hybridized carbons (Fsp3) is 0.188. The topological polar surface area (TPSA) is 61.8 Å². The van der Waals surface area contributed by atoms with Gasteiger partial charge < -0.3 is 14.2 Å². The molecule has 0 spiro atoms. The number of esters is 2. The standard InChI is InChI=1S/C32H28O5/c1-19(2)31(33)36-29-23-14-7-8-15-24(23)30(37-32(34)20(3)4)28-25(29)16-10-18-27(28)35-26-17-9-12-21-11-5-6-13-22(21)26/h5-9,11-15,17,27H,1,3,10,16,18H2,2,4H3. The summed E-state index contributed by atoms with van der Waals surface area (Å²) in [4.78, 5) is 25.4. The zero-order chi connectivity index (χ0) is 26.1. The van der Waals surface area contributed by atoms with Crippen molar-refractivity contribution in [3.05, 3.63) is 102 Å². The van der Waals surface area contributed by atoms with Gasteiger partial charge in [-0.1, -0.05) is 73.8 Å². The number of hydrogen-bond acceptors (Lipinski definition) is 5. The molecule has 0 saturated carbocycles. The van der Waals surface area contributed by atoms with Gasteiger partial charge in [-0.05, 0) is 44.6 Å². The highest BCUT2D eigenvalue weighted by Crippen LogP contribution is 2.49. The van der Waals surface area contributed by atoms with Crippen molar-refractivity contribution < 1.29 is 23.8 Å². The smallest absolute Gasteiger partial charge is 0.338 e. The largest absolute Gasteiger partial charge is 0.485 e. The molecule has 1 atom stereocenters. The van der Waals surface area contributed by atoms with E-state index in [1.54, 1.807) is 13.8 Å². The maximum atomic E-state index is 12.8. The van der Waals surface area contributed by atoms with Crippen LogP contribution in [0.5, 0.6) is 17.2 Å². The molecule has 4 aromatic rings. The minimum Gasteiger partial charge on any atom is -0.485 e. The molecule has 0 fully saturated rings. The van der Waals surface area contributed by atoms with Crippen LogP contribution in [0.1, 0.15) is 43.9 Å². The number of rotatable bonds is 6. The van der Waals surface area contributed by atoms with Gasteiger partial charge in [-0.3, -0.25) is 0 Å². The lowest BCUT2D eigenvalue weighted by Crippen LogP contribution is -2.21. The van der Waals surface area contributed by atoms with Crippen molar-refractivity contribution in [2.24, 2.45) is 0 Å². The Bertz CT molecular complexity index is 1570. The first-order valence-corrected chi connectivity index (χ1v) is 12.3. The van der Waals surface area contributed by atoms with Crippen LogP contribution in [0.25, 0.3) is 21.5 Å². The van der Waals surface area contributed by atoms with Crippen LogP contribution < -0.4 is 14.2 Å². The van der Waals surface area contributed by atoms with E-state index in [1.165, 1.54) is 0 Å². The lowest BCUT2D eigenvalue weighted by atomic mass is 9.85. The Morgan fingerprint density at radius 3 is 2.00 bits per heavy atom. The molecule has 0 aliphatic heterocycles. The third kappa shape index (κ3) is 4.60. The Hall–Kier alpha value is -4.38. The number of ether oxygens (including phenoxy) is 3. The van der Waals surface area contributed by atoms with E-state index in [9.17, 15) is 9.59 Å². The van der Waals surface area contributed by atoms with E-state index < -0.39 is 18.0 Å². The van der Waals surface area contributed by atoms with Gasteiger partial charge >= 0.3 is 11.9 Å². The molecule has 0 aromatic heterocycles. The molecule has 1 aliphatic carbocycles. The highest BCUT2D eigenvalue weighted by Gasteiger charge is 2.33. The average Bonchev–Trinajstić information content (AvgIpc) is 2.90. The third-order valence-corrected chi connectivity index (χ3v) is 6.58. The molecule has 4 aromatic carbocycles. The molecule has 0 radical (unpaired) electrons. The van der Waals surface area contributed by atoms with Crippen LogP contribution in [0.4, 0.5) is 0 Å². The van der Waals surface area contributed by atoms with Crippen LogP contribution >= 0.6 is 0 Å². The van der Waals surface area contributed by atoms with E-state index in [1.807, 2.05) is 66.7 Å². The summed E-state index contributed by atoms with van der Waals surface area (Å²) in [7, 11) is 0. The summed E-state index contributed by atoms with van der Waals surface area (Å²) in [6.07, 6.45) is 1.74. The second-order valence-corrected chi connectivity index (χ2v) is 9.41. The lowest BCUT2D eigenvalue weighted by molar-refractivity contribution is -0.131. The van der Waals surface area contributed by atoms with Gasteiger partial charge in [0.2, 0.25) is 0 Å². The van der Waals surface area contributed by atoms with Crippen molar-refractivity contribution in [3.63, 3.8) is 0 Å². The number of carbonyl (C=O) groups is 2. The minimum absolute atomic E-state index is 0.290. The Morgan fingerprint density at radius 2 is 1.32 bits per heavy atom. The fourth-order valence-electron chi connectivity index (χ4n) is 4.80. The molecule has 1 aliphatic rings. The zero-order valence-electron chi connectivity index (χ0n) is 21.0. The van der Waals surface area contributed by atoms with E-state index in [0.29, 0.717) is 40.7 Å². The van der Waals surface area contributed by atoms with Crippen molar-refractivity contribution in [3.8, 4) is 17.2 Å². The van der Waals surface area contributed by atoms with E-state index >= 15 is 0 Å². The number of benzene rings is 4. The van der Waals surface area contributed by atoms with E-state index in [-0.39, 0.29) is 5.57 Å². The highest BCUT2D eigenvalue weighted by molar-refractivity contribution is 6.01. The van der Waals surface area contributed by atoms with Gasteiger partial charge in [-0.2, -0.15) is 0 Å². The highest BCUT2D eigenvalue weighted by atomic mass is 16.5. The summed E-state index contributed by atoms with van der Waals surface area (Å²) in [6, 6.07) is 21.4. The van der Waals surface area contributed by atoms with Gasteiger partial charge in [0.1, 0.15) is 23.4 Å². The molecule has 5 rings (SSSR count). The third-order valence-electron chi connectivity index (χ3n) is 6.58. The van der Waals surface area contributed by atoms with Gasteiger partial charge in [0.25, 0.3) is 0 Å². The Labute approximate surface area is 216 Å². The van der Waals surface area contributed by atoms with Crippen LogP contribution in [-0.2, 0) is 16.0 Å². The molecule has 5 nitrogen and oxygen atoms in total. The molecule has 0 amide bonds. The molecule has 1 unspecified atom stereocenters. The van der Waals surface area contributed by atoms with Crippen LogP contribution in [0.3, 0.4) is 0 Å². The molecule has 5 heteroatoms. The molecular formula is C32H28O5. The van der Waals surface area contributed by atoms with Crippen molar-refractivity contribution >= 4 is 33.5 Å². The second-order valence-electron chi connectivity index (χ2n) is 9.41. The Balaban J connectivity index is 1.74. The summed E-state index contributed by atoms with van der Waals surface area (Å²) in [5.41, 5.74) is 2.11. The van der Waals surface area contributed by atoms with Gasteiger partial charge in [-0.25, -0.2) is 9.59 Å². The summed E-state index contributed by atoms with van der Waals surface area (Å²) >= 11 is 0. The monoisotopic (exact) mass is 492 g/mol. The molecule has 0 saturated heterocycles. The second kappa shape index (κ2) is 9.94. The average molecular weight is 493 g/mol. The molecular weight excluding hydrogens is 464 g/mol. The predicted molar refractivity (Wildman–Crippen MR) is 145 cm³/mol. The first kappa shape index (κ1) is 24.3. The van der Waals surface area contributed by atoms with Gasteiger partial charge in [-0.15, -0.1) is 0 Å². The number of hydrogen-bond donors (Lipinski definition) is 0. The fourth-order valence-corrected chi connectivity index (χ4v) is 4.80. The first-order chi connectivity index (χ1) is 17.8. The number of fused-ring (bicyclic) bond motifs is 3. The quantitative estimate of drug-likeness (QED) is 0.159. The SMILES string of the molecule is C=C(C)C(=O)Oc1c2c(c(OC(=O)C(=C)C)c3ccccc13)C(Oc1cccc3ccccc13)CCC2. The van der Waals surface area contributed by atoms with E-state index in [0.717, 1.165) is 34.1 Å². The summed E-state index contributed by atoms with van der Waals surface area (Å²) in [5, 5.41) is 3.41. The van der Waals surface area contributed by atoms with Gasteiger partial charge in [0.05, 0.1) is 0 Å². The molecule has 0 N–H and O–H groups in total. The van der Waals surface area contributed by atoms with Crippen molar-refractivity contribution in [1.82, 2.24) is 0 Å². The van der Waals surface area contributed by atoms with Crippen LogP contribution in [-0.4, -0.2) is 11.9 Å². The zero-order valence-corrected chi connectivity index (χ0v) is 21.0. The van der Waals surface area contributed by atoms with Crippen LogP contribution in [0.15, 0.2) is 91.0 Å². The molecule has 186 valence electrons. The first-order valence-electron chi connectivity index (χ1n) is 12.3. The van der Waals surface area contributed by atoms with Crippen molar-refractivity contribution in [2.45, 2.75) is 39.2 Å². The van der Waals surface area contributed by atoms with Crippen LogP contribution in [0, 0.1) is 0 Å². The van der Waals surface area contributed by atoms with Crippen molar-refractivity contribution in [1.29, 1.82) is 0 Å². The summed E-state index contributed by atoms with van der Waals surface area (Å²) < 4.78 is 18.5. The molecule has 0 bridgehead atoms. The molecule has 37 heavy (non-hydrogen) atoms. The Kier molecular flexibility index (Phi) is 6.53. The predicted octanol–water partition coefficient (Wildman–Crippen LogP) is 7.41. The Morgan fingerprint density at radius 1 is 0.757 bits per heavy atom. The number of carbonyl (C=O) groups excluding carboxylic acids is 2.